The normalized spacial score (nSPS) is 15.6. The Balaban J connectivity index is 3.98. The predicted molar refractivity (Wildman–Crippen MR) is 70.1 cm³/mol. The lowest BCUT2D eigenvalue weighted by Gasteiger charge is -2.23. The molecule has 0 saturated carbocycles. The Kier molecular flexibility index (Phi) is 7.41. The Morgan fingerprint density at radius 2 is 1.87 bits per heavy atom. The zero-order valence-corrected chi connectivity index (χ0v) is 11.2. The van der Waals surface area contributed by atoms with E-state index in [0.29, 0.717) is 12.0 Å². The summed E-state index contributed by atoms with van der Waals surface area (Å²) in [6.07, 6.45) is 7.67. The lowest BCUT2D eigenvalue weighted by atomic mass is 9.98. The summed E-state index contributed by atoms with van der Waals surface area (Å²) in [5, 5.41) is 0. The van der Waals surface area contributed by atoms with Gasteiger partial charge in [-0.05, 0) is 53.6 Å². The molecule has 0 heterocycles. The monoisotopic (exact) mass is 209 g/mol. The molecule has 0 fully saturated rings. The number of rotatable bonds is 6. The van der Waals surface area contributed by atoms with Crippen molar-refractivity contribution >= 4 is 0 Å². The van der Waals surface area contributed by atoms with Gasteiger partial charge in [0, 0.05) is 6.04 Å². The van der Waals surface area contributed by atoms with Gasteiger partial charge in [-0.25, -0.2) is 0 Å². The molecule has 0 aliphatic rings. The van der Waals surface area contributed by atoms with Gasteiger partial charge in [0.2, 0.25) is 0 Å². The molecule has 0 saturated heterocycles. The second kappa shape index (κ2) is 7.70. The second-order valence-electron chi connectivity index (χ2n) is 4.70. The van der Waals surface area contributed by atoms with Gasteiger partial charge in [-0.1, -0.05) is 30.7 Å². The molecule has 0 aromatic rings. The highest BCUT2D eigenvalue weighted by Gasteiger charge is 2.07. The van der Waals surface area contributed by atoms with E-state index in [0.717, 1.165) is 0 Å². The van der Waals surface area contributed by atoms with E-state index in [1.54, 1.807) is 0 Å². The third-order valence-electron chi connectivity index (χ3n) is 3.13. The molecule has 0 aliphatic heterocycles. The molecule has 0 radical (unpaired) electrons. The SMILES string of the molecule is C/C=C\C=C(/C)C(C)CCN(C)C(C)C. The predicted octanol–water partition coefficient (Wildman–Crippen LogP) is 3.88. The highest BCUT2D eigenvalue weighted by atomic mass is 15.1. The van der Waals surface area contributed by atoms with E-state index in [1.165, 1.54) is 18.5 Å². The second-order valence-corrected chi connectivity index (χ2v) is 4.70. The van der Waals surface area contributed by atoms with Crippen molar-refractivity contribution in [2.45, 2.75) is 47.1 Å². The van der Waals surface area contributed by atoms with Crippen molar-refractivity contribution < 1.29 is 0 Å². The van der Waals surface area contributed by atoms with Crippen LogP contribution in [0.25, 0.3) is 0 Å². The van der Waals surface area contributed by atoms with E-state index < -0.39 is 0 Å². The summed E-state index contributed by atoms with van der Waals surface area (Å²) < 4.78 is 0. The van der Waals surface area contributed by atoms with E-state index in [4.69, 9.17) is 0 Å². The Hall–Kier alpha value is -0.560. The maximum Gasteiger partial charge on any atom is 0.00355 e. The molecule has 0 N–H and O–H groups in total. The van der Waals surface area contributed by atoms with Crippen molar-refractivity contribution in [3.63, 3.8) is 0 Å². The zero-order valence-electron chi connectivity index (χ0n) is 11.2. The van der Waals surface area contributed by atoms with Gasteiger partial charge in [0.15, 0.2) is 0 Å². The highest BCUT2D eigenvalue weighted by molar-refractivity contribution is 5.12. The minimum atomic E-state index is 0.650. The minimum Gasteiger partial charge on any atom is -0.304 e. The van der Waals surface area contributed by atoms with Gasteiger partial charge in [-0.2, -0.15) is 0 Å². The van der Waals surface area contributed by atoms with Crippen molar-refractivity contribution in [2.75, 3.05) is 13.6 Å². The summed E-state index contributed by atoms with van der Waals surface area (Å²) in [4.78, 5) is 2.40. The lowest BCUT2D eigenvalue weighted by Crippen LogP contribution is -2.28. The lowest BCUT2D eigenvalue weighted by molar-refractivity contribution is 0.260. The Morgan fingerprint density at radius 3 is 2.33 bits per heavy atom. The van der Waals surface area contributed by atoms with Crippen LogP contribution in [0.5, 0.6) is 0 Å². The largest absolute Gasteiger partial charge is 0.304 e. The molecule has 88 valence electrons. The molecule has 1 heteroatoms. The van der Waals surface area contributed by atoms with Crippen LogP contribution in [0.4, 0.5) is 0 Å². The van der Waals surface area contributed by atoms with Crippen LogP contribution in [0.3, 0.4) is 0 Å². The standard InChI is InChI=1S/C14H27N/c1-7-8-9-13(4)14(5)10-11-15(6)12(2)3/h7-9,12,14H,10-11H2,1-6H3/b8-7-,13-9+. The number of allylic oxidation sites excluding steroid dienone is 4. The first-order valence-electron chi connectivity index (χ1n) is 5.98. The van der Waals surface area contributed by atoms with Crippen molar-refractivity contribution in [3.8, 4) is 0 Å². The molecule has 0 spiro atoms. The van der Waals surface area contributed by atoms with Crippen LogP contribution in [-0.4, -0.2) is 24.5 Å². The third-order valence-corrected chi connectivity index (χ3v) is 3.13. The summed E-state index contributed by atoms with van der Waals surface area (Å²) >= 11 is 0. The van der Waals surface area contributed by atoms with Crippen LogP contribution < -0.4 is 0 Å². The Bertz CT molecular complexity index is 213. The van der Waals surface area contributed by atoms with Gasteiger partial charge in [0.1, 0.15) is 0 Å². The fraction of sp³-hybridized carbons (Fsp3) is 0.714. The molecule has 0 aromatic heterocycles. The Morgan fingerprint density at radius 1 is 1.27 bits per heavy atom. The maximum atomic E-state index is 2.40. The van der Waals surface area contributed by atoms with Crippen LogP contribution in [-0.2, 0) is 0 Å². The van der Waals surface area contributed by atoms with Gasteiger partial charge in [0.25, 0.3) is 0 Å². The number of nitrogens with zero attached hydrogens (tertiary/aromatic N) is 1. The van der Waals surface area contributed by atoms with Crippen LogP contribution in [0.15, 0.2) is 23.8 Å². The Labute approximate surface area is 95.9 Å². The average molecular weight is 209 g/mol. The fourth-order valence-corrected chi connectivity index (χ4v) is 1.30. The summed E-state index contributed by atoms with van der Waals surface area (Å²) in [5.41, 5.74) is 1.48. The summed E-state index contributed by atoms with van der Waals surface area (Å²) in [5.74, 6) is 0.683. The fourth-order valence-electron chi connectivity index (χ4n) is 1.30. The smallest absolute Gasteiger partial charge is 0.00355 e. The summed E-state index contributed by atoms with van der Waals surface area (Å²) in [7, 11) is 2.20. The molecule has 0 aliphatic carbocycles. The number of hydrogen-bond acceptors (Lipinski definition) is 1. The van der Waals surface area contributed by atoms with E-state index in [-0.39, 0.29) is 0 Å². The first-order chi connectivity index (χ1) is 6.99. The van der Waals surface area contributed by atoms with Gasteiger partial charge in [-0.15, -0.1) is 0 Å². The van der Waals surface area contributed by atoms with Gasteiger partial charge in [0.05, 0.1) is 0 Å². The van der Waals surface area contributed by atoms with E-state index in [9.17, 15) is 0 Å². The molecule has 0 amide bonds. The van der Waals surface area contributed by atoms with Crippen molar-refractivity contribution in [1.29, 1.82) is 0 Å². The minimum absolute atomic E-state index is 0.650. The van der Waals surface area contributed by atoms with Crippen molar-refractivity contribution in [3.05, 3.63) is 23.8 Å². The molecule has 0 aromatic carbocycles. The molecular formula is C14H27N. The van der Waals surface area contributed by atoms with Gasteiger partial charge >= 0.3 is 0 Å². The van der Waals surface area contributed by atoms with Crippen molar-refractivity contribution in [1.82, 2.24) is 4.90 Å². The number of hydrogen-bond donors (Lipinski definition) is 0. The summed E-state index contributed by atoms with van der Waals surface area (Å²) in [6.45, 7) is 12.3. The van der Waals surface area contributed by atoms with Crippen LogP contribution >= 0.6 is 0 Å². The van der Waals surface area contributed by atoms with Gasteiger partial charge in [-0.3, -0.25) is 0 Å². The topological polar surface area (TPSA) is 3.24 Å². The molecule has 0 rings (SSSR count). The van der Waals surface area contributed by atoms with E-state index in [2.05, 4.69) is 64.8 Å². The zero-order chi connectivity index (χ0) is 11.8. The third kappa shape index (κ3) is 6.51. The molecule has 0 bridgehead atoms. The van der Waals surface area contributed by atoms with Crippen LogP contribution in [0, 0.1) is 5.92 Å². The molecule has 1 atom stereocenters. The first-order valence-corrected chi connectivity index (χ1v) is 5.98. The first kappa shape index (κ1) is 14.4. The highest BCUT2D eigenvalue weighted by Crippen LogP contribution is 2.14. The quantitative estimate of drug-likeness (QED) is 0.600. The molecule has 1 unspecified atom stereocenters. The van der Waals surface area contributed by atoms with Crippen molar-refractivity contribution in [2.24, 2.45) is 5.92 Å². The van der Waals surface area contributed by atoms with E-state index >= 15 is 0 Å². The maximum absolute atomic E-state index is 2.40. The molecule has 15 heavy (non-hydrogen) atoms. The van der Waals surface area contributed by atoms with Gasteiger partial charge < -0.3 is 4.90 Å². The van der Waals surface area contributed by atoms with E-state index in [1.807, 2.05) is 0 Å². The van der Waals surface area contributed by atoms with Crippen LogP contribution in [0.2, 0.25) is 0 Å². The average Bonchev–Trinajstić information content (AvgIpc) is 2.21. The van der Waals surface area contributed by atoms with Crippen LogP contribution in [0.1, 0.15) is 41.0 Å². The summed E-state index contributed by atoms with van der Waals surface area (Å²) in [6, 6.07) is 0.650. The molecule has 1 nitrogen and oxygen atoms in total. The molecular weight excluding hydrogens is 182 g/mol.